The Bertz CT molecular complexity index is 253. The third kappa shape index (κ3) is 2.12. The van der Waals surface area contributed by atoms with Crippen molar-refractivity contribution in [3.8, 4) is 5.75 Å². The first-order valence-electron chi connectivity index (χ1n) is 4.02. The average Bonchev–Trinajstić information content (AvgIpc) is 2.48. The van der Waals surface area contributed by atoms with Gasteiger partial charge in [-0.25, -0.2) is 0 Å². The molecule has 0 fully saturated rings. The predicted octanol–water partition coefficient (Wildman–Crippen LogP) is 2.03. The Morgan fingerprint density at radius 3 is 3.00 bits per heavy atom. The van der Waals surface area contributed by atoms with Crippen LogP contribution in [0.1, 0.15) is 19.9 Å². The first-order valence-corrected chi connectivity index (χ1v) is 4.02. The van der Waals surface area contributed by atoms with Crippen LogP contribution >= 0.6 is 0 Å². The van der Waals surface area contributed by atoms with E-state index >= 15 is 0 Å². The highest BCUT2D eigenvalue weighted by atomic mass is 16.5. The van der Waals surface area contributed by atoms with Crippen molar-refractivity contribution in [1.82, 2.24) is 9.78 Å². The average molecular weight is 166 g/mol. The molecule has 3 nitrogen and oxygen atoms in total. The summed E-state index contributed by atoms with van der Waals surface area (Å²) in [5.41, 5.74) is 0. The molecular formula is C9H14N2O. The number of nitrogens with zero attached hydrogens (tertiary/aromatic N) is 2. The molecule has 0 atom stereocenters. The molecule has 0 aliphatic carbocycles. The second-order valence-electron chi connectivity index (χ2n) is 2.85. The SMILES string of the molecule is C=CCOc1cnn(C(C)C)c1. The predicted molar refractivity (Wildman–Crippen MR) is 48.3 cm³/mol. The summed E-state index contributed by atoms with van der Waals surface area (Å²) in [7, 11) is 0. The lowest BCUT2D eigenvalue weighted by molar-refractivity contribution is 0.362. The van der Waals surface area contributed by atoms with E-state index in [0.29, 0.717) is 12.6 Å². The number of hydrogen-bond donors (Lipinski definition) is 0. The van der Waals surface area contributed by atoms with E-state index in [2.05, 4.69) is 25.5 Å². The minimum atomic E-state index is 0.381. The minimum absolute atomic E-state index is 0.381. The quantitative estimate of drug-likeness (QED) is 0.640. The standard InChI is InChI=1S/C9H14N2O/c1-4-5-12-9-6-10-11(7-9)8(2)3/h4,6-8H,1,5H2,2-3H3. The molecule has 0 aliphatic rings. The molecule has 1 aromatic rings. The zero-order chi connectivity index (χ0) is 8.97. The molecular weight excluding hydrogens is 152 g/mol. The molecule has 0 bridgehead atoms. The van der Waals surface area contributed by atoms with Crippen molar-refractivity contribution in [3.63, 3.8) is 0 Å². The third-order valence-electron chi connectivity index (χ3n) is 1.47. The maximum Gasteiger partial charge on any atom is 0.157 e. The van der Waals surface area contributed by atoms with Gasteiger partial charge >= 0.3 is 0 Å². The number of rotatable bonds is 4. The molecule has 0 N–H and O–H groups in total. The summed E-state index contributed by atoms with van der Waals surface area (Å²) < 4.78 is 7.14. The molecule has 3 heteroatoms. The van der Waals surface area contributed by atoms with E-state index in [1.165, 1.54) is 0 Å². The second kappa shape index (κ2) is 3.95. The van der Waals surface area contributed by atoms with Crippen molar-refractivity contribution >= 4 is 0 Å². The van der Waals surface area contributed by atoms with E-state index in [1.807, 2.05) is 10.9 Å². The van der Waals surface area contributed by atoms with Gasteiger partial charge in [-0.3, -0.25) is 4.68 Å². The fourth-order valence-corrected chi connectivity index (χ4v) is 0.833. The van der Waals surface area contributed by atoms with Crippen LogP contribution in [0.4, 0.5) is 0 Å². The molecule has 1 aromatic heterocycles. The Kier molecular flexibility index (Phi) is 2.91. The second-order valence-corrected chi connectivity index (χ2v) is 2.85. The highest BCUT2D eigenvalue weighted by molar-refractivity contribution is 5.12. The van der Waals surface area contributed by atoms with Gasteiger partial charge in [-0.15, -0.1) is 0 Å². The highest BCUT2D eigenvalue weighted by Gasteiger charge is 2.00. The molecule has 0 aliphatic heterocycles. The Morgan fingerprint density at radius 2 is 2.50 bits per heavy atom. The van der Waals surface area contributed by atoms with Crippen molar-refractivity contribution in [2.45, 2.75) is 19.9 Å². The van der Waals surface area contributed by atoms with Gasteiger partial charge in [0.05, 0.1) is 12.4 Å². The van der Waals surface area contributed by atoms with E-state index in [9.17, 15) is 0 Å². The normalized spacial score (nSPS) is 10.2. The van der Waals surface area contributed by atoms with E-state index in [4.69, 9.17) is 4.74 Å². The lowest BCUT2D eigenvalue weighted by atomic mass is 10.4. The fraction of sp³-hybridized carbons (Fsp3) is 0.444. The van der Waals surface area contributed by atoms with Gasteiger partial charge in [-0.1, -0.05) is 12.7 Å². The van der Waals surface area contributed by atoms with Crippen molar-refractivity contribution in [2.24, 2.45) is 0 Å². The van der Waals surface area contributed by atoms with Gasteiger partial charge in [0.1, 0.15) is 6.61 Å². The third-order valence-corrected chi connectivity index (χ3v) is 1.47. The van der Waals surface area contributed by atoms with Crippen molar-refractivity contribution in [3.05, 3.63) is 25.0 Å². The summed E-state index contributed by atoms with van der Waals surface area (Å²) in [4.78, 5) is 0. The van der Waals surface area contributed by atoms with Crippen LogP contribution in [0.2, 0.25) is 0 Å². The van der Waals surface area contributed by atoms with Crippen molar-refractivity contribution in [1.29, 1.82) is 0 Å². The maximum atomic E-state index is 5.28. The van der Waals surface area contributed by atoms with E-state index in [0.717, 1.165) is 5.75 Å². The van der Waals surface area contributed by atoms with Gasteiger partial charge in [-0.2, -0.15) is 5.10 Å². The Balaban J connectivity index is 2.58. The molecule has 0 amide bonds. The molecule has 0 unspecified atom stereocenters. The summed E-state index contributed by atoms with van der Waals surface area (Å²) in [6.07, 6.45) is 5.31. The Hall–Kier alpha value is -1.25. The summed E-state index contributed by atoms with van der Waals surface area (Å²) in [6, 6.07) is 0.381. The number of hydrogen-bond acceptors (Lipinski definition) is 2. The minimum Gasteiger partial charge on any atom is -0.486 e. The summed E-state index contributed by atoms with van der Waals surface area (Å²) >= 11 is 0. The Labute approximate surface area is 72.7 Å². The van der Waals surface area contributed by atoms with E-state index in [-0.39, 0.29) is 0 Å². The van der Waals surface area contributed by atoms with Gasteiger partial charge in [0.2, 0.25) is 0 Å². The van der Waals surface area contributed by atoms with E-state index in [1.54, 1.807) is 12.3 Å². The van der Waals surface area contributed by atoms with Crippen LogP contribution in [0.3, 0.4) is 0 Å². The largest absolute Gasteiger partial charge is 0.486 e. The number of ether oxygens (including phenoxy) is 1. The Morgan fingerprint density at radius 1 is 1.75 bits per heavy atom. The summed E-state index contributed by atoms with van der Waals surface area (Å²) in [5, 5.41) is 4.13. The van der Waals surface area contributed by atoms with Crippen LogP contribution in [0.5, 0.6) is 5.75 Å². The van der Waals surface area contributed by atoms with Crippen LogP contribution in [-0.4, -0.2) is 16.4 Å². The lowest BCUT2D eigenvalue weighted by Crippen LogP contribution is -1.99. The van der Waals surface area contributed by atoms with Gasteiger partial charge in [0.25, 0.3) is 0 Å². The van der Waals surface area contributed by atoms with Gasteiger partial charge in [-0.05, 0) is 13.8 Å². The van der Waals surface area contributed by atoms with Crippen molar-refractivity contribution < 1.29 is 4.74 Å². The molecule has 66 valence electrons. The van der Waals surface area contributed by atoms with Gasteiger partial charge in [0, 0.05) is 6.04 Å². The van der Waals surface area contributed by atoms with Crippen LogP contribution < -0.4 is 4.74 Å². The van der Waals surface area contributed by atoms with Crippen LogP contribution in [-0.2, 0) is 0 Å². The van der Waals surface area contributed by atoms with Gasteiger partial charge < -0.3 is 4.74 Å². The zero-order valence-corrected chi connectivity index (χ0v) is 7.53. The molecule has 0 radical (unpaired) electrons. The summed E-state index contributed by atoms with van der Waals surface area (Å²) in [6.45, 7) is 8.24. The smallest absolute Gasteiger partial charge is 0.157 e. The van der Waals surface area contributed by atoms with Gasteiger partial charge in [0.15, 0.2) is 5.75 Å². The molecule has 0 aromatic carbocycles. The molecule has 0 saturated carbocycles. The molecule has 12 heavy (non-hydrogen) atoms. The van der Waals surface area contributed by atoms with Crippen LogP contribution in [0.15, 0.2) is 25.0 Å². The molecule has 0 spiro atoms. The zero-order valence-electron chi connectivity index (χ0n) is 7.53. The maximum absolute atomic E-state index is 5.28. The lowest BCUT2D eigenvalue weighted by Gasteiger charge is -2.02. The highest BCUT2D eigenvalue weighted by Crippen LogP contribution is 2.11. The first-order chi connectivity index (χ1) is 5.74. The first kappa shape index (κ1) is 8.84. The molecule has 1 rings (SSSR count). The molecule has 1 heterocycles. The monoisotopic (exact) mass is 166 g/mol. The molecule has 0 saturated heterocycles. The fourth-order valence-electron chi connectivity index (χ4n) is 0.833. The topological polar surface area (TPSA) is 27.1 Å². The van der Waals surface area contributed by atoms with Crippen LogP contribution in [0, 0.1) is 0 Å². The number of aromatic nitrogens is 2. The van der Waals surface area contributed by atoms with E-state index < -0.39 is 0 Å². The summed E-state index contributed by atoms with van der Waals surface area (Å²) in [5.74, 6) is 0.795. The van der Waals surface area contributed by atoms with Crippen LogP contribution in [0.25, 0.3) is 0 Å². The van der Waals surface area contributed by atoms with Crippen molar-refractivity contribution in [2.75, 3.05) is 6.61 Å².